The van der Waals surface area contributed by atoms with E-state index in [2.05, 4.69) is 60.3 Å². The number of aromatic carboxylic acids is 1. The van der Waals surface area contributed by atoms with Crippen molar-refractivity contribution in [2.45, 2.75) is 0 Å². The molecule has 0 bridgehead atoms. The van der Waals surface area contributed by atoms with Crippen LogP contribution in [-0.2, 0) is 0 Å². The van der Waals surface area contributed by atoms with Crippen molar-refractivity contribution >= 4 is 64.3 Å². The Labute approximate surface area is 133 Å². The Hall–Kier alpha value is -0.830. The van der Waals surface area contributed by atoms with Crippen LogP contribution < -0.4 is 10.6 Å². The van der Waals surface area contributed by atoms with Gasteiger partial charge in [-0.15, -0.1) is 25.3 Å². The van der Waals surface area contributed by atoms with Crippen LogP contribution in [0.3, 0.4) is 0 Å². The lowest BCUT2D eigenvalue weighted by Crippen LogP contribution is -2.29. The van der Waals surface area contributed by atoms with Crippen LogP contribution >= 0.6 is 49.7 Å². The zero-order valence-corrected chi connectivity index (χ0v) is 13.3. The molecule has 0 heterocycles. The average Bonchev–Trinajstić information content (AvgIpc) is 2.36. The average molecular weight is 335 g/mol. The predicted octanol–water partition coefficient (Wildman–Crippen LogP) is 1.98. The van der Waals surface area contributed by atoms with Crippen LogP contribution in [0.1, 0.15) is 10.4 Å². The molecule has 1 rings (SSSR count). The van der Waals surface area contributed by atoms with E-state index in [1.165, 1.54) is 0 Å². The number of hydrogen-bond donors (Lipinski definition) is 5. The van der Waals surface area contributed by atoms with Crippen LogP contribution in [-0.4, -0.2) is 32.8 Å². The summed E-state index contributed by atoms with van der Waals surface area (Å²) in [6.07, 6.45) is 0. The molecule has 0 saturated carbocycles. The summed E-state index contributed by atoms with van der Waals surface area (Å²) in [5.74, 6) is -0.879. The van der Waals surface area contributed by atoms with E-state index in [0.717, 1.165) is 0 Å². The lowest BCUT2D eigenvalue weighted by Gasteiger charge is -2.03. The Balaban J connectivity index is 0.000000342. The van der Waals surface area contributed by atoms with E-state index < -0.39 is 5.97 Å². The summed E-state index contributed by atoms with van der Waals surface area (Å²) in [5, 5.41) is 14.1. The van der Waals surface area contributed by atoms with Crippen LogP contribution in [0.15, 0.2) is 30.3 Å². The predicted molar refractivity (Wildman–Crippen MR) is 92.6 cm³/mol. The second kappa shape index (κ2) is 11.0. The van der Waals surface area contributed by atoms with Crippen molar-refractivity contribution in [2.75, 3.05) is 13.1 Å². The van der Waals surface area contributed by atoms with Gasteiger partial charge in [-0.05, 0) is 12.1 Å². The van der Waals surface area contributed by atoms with Crippen LogP contribution in [0.5, 0.6) is 0 Å². The first kappa shape index (κ1) is 18.2. The lowest BCUT2D eigenvalue weighted by atomic mass is 10.2. The summed E-state index contributed by atoms with van der Waals surface area (Å²) in [6, 6.07) is 8.30. The highest BCUT2D eigenvalue weighted by molar-refractivity contribution is 8.11. The van der Waals surface area contributed by atoms with Gasteiger partial charge in [0.05, 0.1) is 5.56 Å². The lowest BCUT2D eigenvalue weighted by molar-refractivity contribution is 0.0697. The first-order chi connectivity index (χ1) is 8.93. The zero-order valence-electron chi connectivity index (χ0n) is 9.87. The van der Waals surface area contributed by atoms with E-state index in [9.17, 15) is 4.79 Å². The van der Waals surface area contributed by atoms with Gasteiger partial charge < -0.3 is 15.7 Å². The molecule has 0 aliphatic rings. The molecule has 8 heteroatoms. The molecule has 4 nitrogen and oxygen atoms in total. The van der Waals surface area contributed by atoms with Gasteiger partial charge in [0.15, 0.2) is 0 Å². The van der Waals surface area contributed by atoms with Crippen molar-refractivity contribution in [3.05, 3.63) is 35.9 Å². The molecule has 0 aliphatic heterocycles. The first-order valence-corrected chi connectivity index (χ1v) is 6.86. The van der Waals surface area contributed by atoms with E-state index in [1.54, 1.807) is 30.3 Å². The minimum absolute atomic E-state index is 0.331. The minimum atomic E-state index is -0.879. The van der Waals surface area contributed by atoms with Crippen molar-refractivity contribution in [1.29, 1.82) is 0 Å². The molecule has 0 spiro atoms. The van der Waals surface area contributed by atoms with E-state index in [-0.39, 0.29) is 0 Å². The molecule has 3 N–H and O–H groups in total. The molecular formula is C11H14N2O2S4. The molecular weight excluding hydrogens is 320 g/mol. The van der Waals surface area contributed by atoms with Crippen LogP contribution in [0.2, 0.25) is 0 Å². The summed E-state index contributed by atoms with van der Waals surface area (Å²) in [5.41, 5.74) is 0.331. The number of benzene rings is 1. The van der Waals surface area contributed by atoms with E-state index in [4.69, 9.17) is 5.11 Å². The summed E-state index contributed by atoms with van der Waals surface area (Å²) in [4.78, 5) is 10.2. The number of hydrogen-bond acceptors (Lipinski definition) is 3. The molecule has 1 aromatic carbocycles. The smallest absolute Gasteiger partial charge is 0.335 e. The quantitative estimate of drug-likeness (QED) is 0.330. The van der Waals surface area contributed by atoms with Gasteiger partial charge in [-0.2, -0.15) is 0 Å². The molecule has 0 aliphatic carbocycles. The van der Waals surface area contributed by atoms with Gasteiger partial charge in [0.1, 0.15) is 8.64 Å². The van der Waals surface area contributed by atoms with Gasteiger partial charge in [0, 0.05) is 13.1 Å². The maximum absolute atomic E-state index is 10.2. The Morgan fingerprint density at radius 3 is 1.74 bits per heavy atom. The third kappa shape index (κ3) is 12.0. The normalized spacial score (nSPS) is 8.74. The maximum atomic E-state index is 10.2. The Bertz CT molecular complexity index is 410. The van der Waals surface area contributed by atoms with Crippen LogP contribution in [0, 0.1) is 0 Å². The maximum Gasteiger partial charge on any atom is 0.335 e. The SMILES string of the molecule is O=C(O)c1ccccc1.S=C(S)NCCNC(=S)S. The number of carbonyl (C=O) groups is 1. The Morgan fingerprint density at radius 1 is 1.05 bits per heavy atom. The Kier molecular flexibility index (Phi) is 10.6. The van der Waals surface area contributed by atoms with Crippen LogP contribution in [0.4, 0.5) is 0 Å². The molecule has 0 aromatic heterocycles. The summed E-state index contributed by atoms with van der Waals surface area (Å²) >= 11 is 17.0. The topological polar surface area (TPSA) is 61.4 Å². The molecule has 0 atom stereocenters. The fourth-order valence-corrected chi connectivity index (χ4v) is 1.35. The van der Waals surface area contributed by atoms with E-state index in [0.29, 0.717) is 27.3 Å². The van der Waals surface area contributed by atoms with Crippen molar-refractivity contribution in [3.8, 4) is 0 Å². The molecule has 1 aromatic rings. The summed E-state index contributed by atoms with van der Waals surface area (Å²) in [7, 11) is 0. The number of carboxylic acid groups (broad SMARTS) is 1. The highest BCUT2D eigenvalue weighted by Crippen LogP contribution is 1.96. The second-order valence-electron chi connectivity index (χ2n) is 3.14. The number of rotatable bonds is 4. The number of carboxylic acids is 1. The van der Waals surface area contributed by atoms with Gasteiger partial charge >= 0.3 is 5.97 Å². The van der Waals surface area contributed by atoms with Gasteiger partial charge in [-0.25, -0.2) is 4.79 Å². The third-order valence-corrected chi connectivity index (χ3v) is 2.30. The number of nitrogens with one attached hydrogen (secondary N) is 2. The number of thiol groups is 2. The van der Waals surface area contributed by atoms with Gasteiger partial charge in [0.25, 0.3) is 0 Å². The summed E-state index contributed by atoms with van der Waals surface area (Å²) in [6.45, 7) is 1.42. The third-order valence-electron chi connectivity index (χ3n) is 1.70. The van der Waals surface area contributed by atoms with E-state index >= 15 is 0 Å². The van der Waals surface area contributed by atoms with Crippen molar-refractivity contribution in [2.24, 2.45) is 0 Å². The first-order valence-electron chi connectivity index (χ1n) is 5.15. The molecule has 0 fully saturated rings. The van der Waals surface area contributed by atoms with Gasteiger partial charge in [-0.3, -0.25) is 0 Å². The molecule has 19 heavy (non-hydrogen) atoms. The van der Waals surface area contributed by atoms with Crippen molar-refractivity contribution < 1.29 is 9.90 Å². The monoisotopic (exact) mass is 334 g/mol. The van der Waals surface area contributed by atoms with Crippen LogP contribution in [0.25, 0.3) is 0 Å². The molecule has 0 amide bonds. The van der Waals surface area contributed by atoms with Crippen molar-refractivity contribution in [3.63, 3.8) is 0 Å². The fraction of sp³-hybridized carbons (Fsp3) is 0.182. The highest BCUT2D eigenvalue weighted by Gasteiger charge is 1.96. The Morgan fingerprint density at radius 2 is 1.47 bits per heavy atom. The zero-order chi connectivity index (χ0) is 14.7. The second-order valence-corrected chi connectivity index (χ2v) is 5.45. The molecule has 0 radical (unpaired) electrons. The number of thiocarbonyl (C=S) groups is 2. The van der Waals surface area contributed by atoms with E-state index in [1.807, 2.05) is 0 Å². The van der Waals surface area contributed by atoms with Gasteiger partial charge in [-0.1, -0.05) is 42.6 Å². The standard InChI is InChI=1S/C7H6O2.C4H8N2S4/c8-7(9)6-4-2-1-3-5-6;7-3(8)5-1-2-6-4(9)10/h1-5H,(H,8,9);1-2H2,(H2,5,7,8)(H2,6,9,10). The molecule has 0 saturated heterocycles. The largest absolute Gasteiger partial charge is 0.478 e. The minimum Gasteiger partial charge on any atom is -0.478 e. The van der Waals surface area contributed by atoms with Gasteiger partial charge in [0.2, 0.25) is 0 Å². The molecule has 104 valence electrons. The van der Waals surface area contributed by atoms with Crippen molar-refractivity contribution in [1.82, 2.24) is 10.6 Å². The molecule has 0 unspecified atom stereocenters. The fourth-order valence-electron chi connectivity index (χ4n) is 0.920. The highest BCUT2D eigenvalue weighted by atomic mass is 32.1. The summed E-state index contributed by atoms with van der Waals surface area (Å²) < 4.78 is 0.985.